The number of methoxy groups -OCH3 is 1. The molecule has 0 spiro atoms. The molecular formula is C14H21NO5S. The first kappa shape index (κ1) is 17.5. The normalized spacial score (nSPS) is 11.6. The van der Waals surface area contributed by atoms with Crippen molar-refractivity contribution in [1.29, 1.82) is 0 Å². The molecule has 1 N–H and O–H groups in total. The highest BCUT2D eigenvalue weighted by Gasteiger charge is 2.25. The fourth-order valence-electron chi connectivity index (χ4n) is 2.01. The molecule has 118 valence electrons. The average Bonchev–Trinajstić information content (AvgIpc) is 2.46. The van der Waals surface area contributed by atoms with Gasteiger partial charge >= 0.3 is 5.97 Å². The molecule has 1 aromatic carbocycles. The van der Waals surface area contributed by atoms with Crippen molar-refractivity contribution in [3.05, 3.63) is 23.8 Å². The van der Waals surface area contributed by atoms with Crippen molar-refractivity contribution in [3.63, 3.8) is 0 Å². The third kappa shape index (κ3) is 3.95. The second-order valence-corrected chi connectivity index (χ2v) is 6.51. The summed E-state index contributed by atoms with van der Waals surface area (Å²) in [5, 5.41) is 9.14. The topological polar surface area (TPSA) is 83.9 Å². The van der Waals surface area contributed by atoms with Crippen molar-refractivity contribution < 1.29 is 23.1 Å². The van der Waals surface area contributed by atoms with E-state index in [0.29, 0.717) is 25.9 Å². The molecular weight excluding hydrogens is 294 g/mol. The lowest BCUT2D eigenvalue weighted by molar-refractivity contribution is 0.0693. The van der Waals surface area contributed by atoms with Gasteiger partial charge in [-0.1, -0.05) is 13.8 Å². The van der Waals surface area contributed by atoms with Gasteiger partial charge in [0.05, 0.1) is 12.0 Å². The van der Waals surface area contributed by atoms with E-state index in [-0.39, 0.29) is 16.2 Å². The van der Waals surface area contributed by atoms with Gasteiger partial charge in [0.15, 0.2) is 0 Å². The lowest BCUT2D eigenvalue weighted by Crippen LogP contribution is -2.32. The van der Waals surface area contributed by atoms with Crippen LogP contribution in [0.1, 0.15) is 37.0 Å². The summed E-state index contributed by atoms with van der Waals surface area (Å²) < 4.78 is 31.5. The lowest BCUT2D eigenvalue weighted by Gasteiger charge is -2.21. The molecule has 0 heterocycles. The molecule has 7 heteroatoms. The first-order chi connectivity index (χ1) is 9.88. The van der Waals surface area contributed by atoms with E-state index in [1.807, 2.05) is 13.8 Å². The molecule has 0 saturated carbocycles. The molecule has 6 nitrogen and oxygen atoms in total. The zero-order valence-electron chi connectivity index (χ0n) is 12.5. The lowest BCUT2D eigenvalue weighted by atomic mass is 10.2. The number of hydrogen-bond donors (Lipinski definition) is 1. The minimum atomic E-state index is -3.69. The van der Waals surface area contributed by atoms with Crippen LogP contribution in [0.15, 0.2) is 23.1 Å². The highest BCUT2D eigenvalue weighted by molar-refractivity contribution is 7.89. The van der Waals surface area contributed by atoms with Crippen LogP contribution in [0.5, 0.6) is 5.75 Å². The molecule has 21 heavy (non-hydrogen) atoms. The Morgan fingerprint density at radius 1 is 1.24 bits per heavy atom. The molecule has 0 radical (unpaired) electrons. The van der Waals surface area contributed by atoms with Crippen molar-refractivity contribution in [1.82, 2.24) is 4.31 Å². The van der Waals surface area contributed by atoms with Gasteiger partial charge in [-0.05, 0) is 31.0 Å². The van der Waals surface area contributed by atoms with E-state index < -0.39 is 16.0 Å². The van der Waals surface area contributed by atoms with Gasteiger partial charge in [0.2, 0.25) is 10.0 Å². The number of carbonyl (C=O) groups is 1. The zero-order chi connectivity index (χ0) is 16.0. The molecule has 1 aromatic rings. The van der Waals surface area contributed by atoms with Crippen LogP contribution in [0.25, 0.3) is 0 Å². The molecule has 0 aliphatic rings. The van der Waals surface area contributed by atoms with Crippen LogP contribution in [0, 0.1) is 0 Å². The quantitative estimate of drug-likeness (QED) is 0.795. The van der Waals surface area contributed by atoms with Crippen molar-refractivity contribution in [2.45, 2.75) is 31.6 Å². The standard InChI is InChI=1S/C14H21NO5S/c1-4-8-15(9-5-2)21(18,19)11-6-7-13(20-3)12(10-11)14(16)17/h6-7,10H,4-5,8-9H2,1-3H3,(H,16,17). The molecule has 0 unspecified atom stereocenters. The molecule has 0 aromatic heterocycles. The van der Waals surface area contributed by atoms with E-state index >= 15 is 0 Å². The number of benzene rings is 1. The number of carboxylic acids is 1. The van der Waals surface area contributed by atoms with Gasteiger partial charge in [0.1, 0.15) is 11.3 Å². The highest BCUT2D eigenvalue weighted by atomic mass is 32.2. The minimum Gasteiger partial charge on any atom is -0.496 e. The van der Waals surface area contributed by atoms with E-state index in [1.165, 1.54) is 23.5 Å². The summed E-state index contributed by atoms with van der Waals surface area (Å²) in [4.78, 5) is 11.2. The largest absolute Gasteiger partial charge is 0.496 e. The Morgan fingerprint density at radius 3 is 2.24 bits per heavy atom. The Labute approximate surface area is 125 Å². The second-order valence-electron chi connectivity index (χ2n) is 4.57. The highest BCUT2D eigenvalue weighted by Crippen LogP contribution is 2.24. The van der Waals surface area contributed by atoms with Crippen molar-refractivity contribution in [3.8, 4) is 5.75 Å². The summed E-state index contributed by atoms with van der Waals surface area (Å²) in [7, 11) is -2.35. The maximum atomic E-state index is 12.6. The summed E-state index contributed by atoms with van der Waals surface area (Å²) in [6.07, 6.45) is 1.39. The van der Waals surface area contributed by atoms with E-state index in [2.05, 4.69) is 0 Å². The summed E-state index contributed by atoms with van der Waals surface area (Å²) in [5.41, 5.74) is -0.161. The smallest absolute Gasteiger partial charge is 0.339 e. The van der Waals surface area contributed by atoms with E-state index in [4.69, 9.17) is 9.84 Å². The molecule has 0 aliphatic heterocycles. The fraction of sp³-hybridized carbons (Fsp3) is 0.500. The summed E-state index contributed by atoms with van der Waals surface area (Å²) in [5.74, 6) is -1.08. The van der Waals surface area contributed by atoms with Crippen molar-refractivity contribution >= 4 is 16.0 Å². The summed E-state index contributed by atoms with van der Waals surface area (Å²) in [6, 6.07) is 3.89. The molecule has 0 amide bonds. The number of carboxylic acid groups (broad SMARTS) is 1. The molecule has 0 bridgehead atoms. The Morgan fingerprint density at radius 2 is 1.81 bits per heavy atom. The van der Waals surface area contributed by atoms with Crippen LogP contribution in [0.2, 0.25) is 0 Å². The zero-order valence-corrected chi connectivity index (χ0v) is 13.3. The molecule has 0 fully saturated rings. The van der Waals surface area contributed by atoms with Crippen LogP contribution < -0.4 is 4.74 Å². The average molecular weight is 315 g/mol. The number of ether oxygens (including phenoxy) is 1. The van der Waals surface area contributed by atoms with Gasteiger partial charge in [-0.15, -0.1) is 0 Å². The summed E-state index contributed by atoms with van der Waals surface area (Å²) >= 11 is 0. The molecule has 0 saturated heterocycles. The maximum Gasteiger partial charge on any atom is 0.339 e. The number of sulfonamides is 1. The first-order valence-corrected chi connectivity index (χ1v) is 8.23. The Kier molecular flexibility index (Phi) is 6.17. The molecule has 1 rings (SSSR count). The predicted octanol–water partition coefficient (Wildman–Crippen LogP) is 2.20. The van der Waals surface area contributed by atoms with Gasteiger partial charge < -0.3 is 9.84 Å². The number of hydrogen-bond acceptors (Lipinski definition) is 4. The molecule has 0 aliphatic carbocycles. The third-order valence-electron chi connectivity index (χ3n) is 2.99. The molecule has 0 atom stereocenters. The van der Waals surface area contributed by atoms with Crippen LogP contribution in [0.4, 0.5) is 0 Å². The number of rotatable bonds is 8. The minimum absolute atomic E-state index is 0.0254. The van der Waals surface area contributed by atoms with Crippen LogP contribution in [-0.4, -0.2) is 44.0 Å². The maximum absolute atomic E-state index is 12.6. The number of nitrogens with zero attached hydrogens (tertiary/aromatic N) is 1. The van der Waals surface area contributed by atoms with E-state index in [9.17, 15) is 13.2 Å². The number of aromatic carboxylic acids is 1. The fourth-order valence-corrected chi connectivity index (χ4v) is 3.67. The SMILES string of the molecule is CCCN(CCC)S(=O)(=O)c1ccc(OC)c(C(=O)O)c1. The monoisotopic (exact) mass is 315 g/mol. The predicted molar refractivity (Wildman–Crippen MR) is 79.3 cm³/mol. The van der Waals surface area contributed by atoms with Crippen molar-refractivity contribution in [2.24, 2.45) is 0 Å². The Bertz CT molecular complexity index is 591. The van der Waals surface area contributed by atoms with Gasteiger partial charge in [-0.3, -0.25) is 0 Å². The van der Waals surface area contributed by atoms with Crippen LogP contribution >= 0.6 is 0 Å². The van der Waals surface area contributed by atoms with Crippen LogP contribution in [-0.2, 0) is 10.0 Å². The van der Waals surface area contributed by atoms with Gasteiger partial charge in [0.25, 0.3) is 0 Å². The van der Waals surface area contributed by atoms with Gasteiger partial charge in [-0.25, -0.2) is 13.2 Å². The van der Waals surface area contributed by atoms with E-state index in [1.54, 1.807) is 0 Å². The first-order valence-electron chi connectivity index (χ1n) is 6.79. The second kappa shape index (κ2) is 7.42. The third-order valence-corrected chi connectivity index (χ3v) is 4.88. The Balaban J connectivity index is 3.30. The Hall–Kier alpha value is -1.60. The van der Waals surface area contributed by atoms with Gasteiger partial charge in [-0.2, -0.15) is 4.31 Å². The van der Waals surface area contributed by atoms with E-state index in [0.717, 1.165) is 6.07 Å². The van der Waals surface area contributed by atoms with Crippen LogP contribution in [0.3, 0.4) is 0 Å². The van der Waals surface area contributed by atoms with Crippen molar-refractivity contribution in [2.75, 3.05) is 20.2 Å². The van der Waals surface area contributed by atoms with Gasteiger partial charge in [0, 0.05) is 13.1 Å². The summed E-state index contributed by atoms with van der Waals surface area (Å²) in [6.45, 7) is 4.61.